The third-order valence-corrected chi connectivity index (χ3v) is 5.81. The summed E-state index contributed by atoms with van der Waals surface area (Å²) in [4.78, 5) is 6.19. The minimum absolute atomic E-state index is 0. The molecule has 4 rings (SSSR count). The highest BCUT2D eigenvalue weighted by Gasteiger charge is 2.24. The van der Waals surface area contributed by atoms with Crippen molar-refractivity contribution in [2.75, 3.05) is 29.4 Å². The molecule has 25 heavy (non-hydrogen) atoms. The zero-order valence-corrected chi connectivity index (χ0v) is 17.5. The number of hydrogen-bond acceptors (Lipinski definition) is 3. The van der Waals surface area contributed by atoms with E-state index < -0.39 is 0 Å². The van der Waals surface area contributed by atoms with Crippen molar-refractivity contribution in [2.45, 2.75) is 18.7 Å². The Morgan fingerprint density at radius 2 is 1.68 bits per heavy atom. The Morgan fingerprint density at radius 1 is 0.960 bits per heavy atom. The summed E-state index contributed by atoms with van der Waals surface area (Å²) >= 11 is 1.88. The number of allylic oxidation sites excluding steroid dienone is 2. The van der Waals surface area contributed by atoms with Gasteiger partial charge in [0.15, 0.2) is 0 Å². The van der Waals surface area contributed by atoms with Gasteiger partial charge < -0.3 is 33.8 Å². The Hall–Kier alpha value is -1.40. The molecule has 0 fully saturated rings. The Labute approximate surface area is 171 Å². The maximum atomic E-state index is 2.42. The molecule has 2 aliphatic rings. The first-order chi connectivity index (χ1) is 11.8. The third-order valence-electron chi connectivity index (χ3n) is 4.70. The maximum absolute atomic E-state index is 2.42. The number of thioether (sulfide) groups is 1. The van der Waals surface area contributed by atoms with E-state index in [1.54, 1.807) is 0 Å². The molecule has 0 spiro atoms. The van der Waals surface area contributed by atoms with Gasteiger partial charge in [0, 0.05) is 35.8 Å². The number of hydrogen-bond donors (Lipinski definition) is 0. The lowest BCUT2D eigenvalue weighted by Gasteiger charge is -2.29. The van der Waals surface area contributed by atoms with Crippen molar-refractivity contribution in [3.63, 3.8) is 0 Å². The van der Waals surface area contributed by atoms with Crippen LogP contribution in [-0.2, 0) is 0 Å². The topological polar surface area (TPSA) is 6.48 Å². The molecule has 0 saturated carbocycles. The highest BCUT2D eigenvalue weighted by atomic mass is 127. The quantitative estimate of drug-likeness (QED) is 0.649. The second-order valence-corrected chi connectivity index (χ2v) is 7.07. The van der Waals surface area contributed by atoms with E-state index in [1.165, 1.54) is 32.4 Å². The highest BCUT2D eigenvalue weighted by Crippen LogP contribution is 2.47. The number of para-hydroxylation sites is 2. The lowest BCUT2D eigenvalue weighted by molar-refractivity contribution is -0.00000465. The van der Waals surface area contributed by atoms with Gasteiger partial charge in [0.25, 0.3) is 0 Å². The molecule has 0 saturated heterocycles. The van der Waals surface area contributed by atoms with Crippen molar-refractivity contribution >= 4 is 28.7 Å². The minimum atomic E-state index is 0. The van der Waals surface area contributed by atoms with Gasteiger partial charge in [-0.3, -0.25) is 0 Å². The van der Waals surface area contributed by atoms with Crippen LogP contribution in [0.5, 0.6) is 0 Å². The second kappa shape index (κ2) is 7.87. The van der Waals surface area contributed by atoms with E-state index in [2.05, 4.69) is 84.3 Å². The highest BCUT2D eigenvalue weighted by molar-refractivity contribution is 8.03. The van der Waals surface area contributed by atoms with Crippen LogP contribution in [0.2, 0.25) is 0 Å². The molecule has 0 aromatic heterocycles. The standard InChI is InChI=1S/C21H22N2S.HI/c1-3-22-14-13-16(17-9-5-6-10-18(17)22)15-21-23(4-2)19-11-7-8-12-20(19)24-21;/h5-13,15H,3-4,14H2,1-2H3;1H/p-1. The zero-order valence-electron chi connectivity index (χ0n) is 14.6. The fraction of sp³-hybridized carbons (Fsp3) is 0.238. The van der Waals surface area contributed by atoms with Crippen molar-refractivity contribution in [2.24, 2.45) is 0 Å². The van der Waals surface area contributed by atoms with Crippen LogP contribution in [0, 0.1) is 0 Å². The molecule has 0 N–H and O–H groups in total. The van der Waals surface area contributed by atoms with Crippen LogP contribution >= 0.6 is 11.8 Å². The second-order valence-electron chi connectivity index (χ2n) is 6.01. The van der Waals surface area contributed by atoms with Gasteiger partial charge >= 0.3 is 0 Å². The fourth-order valence-corrected chi connectivity index (χ4v) is 4.64. The Balaban J connectivity index is 0.00000182. The minimum Gasteiger partial charge on any atom is -1.00 e. The molecule has 2 aromatic rings. The number of halogens is 1. The summed E-state index contributed by atoms with van der Waals surface area (Å²) in [6.07, 6.45) is 4.72. The summed E-state index contributed by atoms with van der Waals surface area (Å²) in [7, 11) is 0. The van der Waals surface area contributed by atoms with Gasteiger partial charge in [-0.2, -0.15) is 0 Å². The van der Waals surface area contributed by atoms with Crippen LogP contribution in [-0.4, -0.2) is 19.6 Å². The van der Waals surface area contributed by atoms with Crippen molar-refractivity contribution in [3.05, 3.63) is 71.3 Å². The maximum Gasteiger partial charge on any atom is 0.0807 e. The molecule has 2 aromatic carbocycles. The number of anilines is 2. The number of fused-ring (bicyclic) bond motifs is 2. The van der Waals surface area contributed by atoms with Crippen LogP contribution in [0.1, 0.15) is 19.4 Å². The average Bonchev–Trinajstić information content (AvgIpc) is 2.99. The first-order valence-electron chi connectivity index (χ1n) is 8.62. The normalized spacial score (nSPS) is 17.0. The summed E-state index contributed by atoms with van der Waals surface area (Å²) < 4.78 is 0. The van der Waals surface area contributed by atoms with Gasteiger partial charge in [-0.25, -0.2) is 0 Å². The van der Waals surface area contributed by atoms with Gasteiger partial charge in [-0.15, -0.1) is 0 Å². The summed E-state index contributed by atoms with van der Waals surface area (Å²) in [5.74, 6) is 0. The Bertz CT molecular complexity index is 828. The van der Waals surface area contributed by atoms with Crippen LogP contribution in [0.15, 0.2) is 70.6 Å². The summed E-state index contributed by atoms with van der Waals surface area (Å²) in [5, 5.41) is 1.32. The molecule has 0 unspecified atom stereocenters. The monoisotopic (exact) mass is 461 g/mol. The smallest absolute Gasteiger partial charge is 0.0807 e. The fourth-order valence-electron chi connectivity index (χ4n) is 3.47. The molecular weight excluding hydrogens is 439 g/mol. The van der Waals surface area contributed by atoms with E-state index in [0.29, 0.717) is 0 Å². The predicted octanol–water partition coefficient (Wildman–Crippen LogP) is 2.39. The molecule has 0 atom stereocenters. The molecule has 2 aliphatic heterocycles. The van der Waals surface area contributed by atoms with Gasteiger partial charge in [0.1, 0.15) is 0 Å². The van der Waals surface area contributed by atoms with Gasteiger partial charge in [-0.1, -0.05) is 48.2 Å². The Morgan fingerprint density at radius 3 is 2.44 bits per heavy atom. The predicted molar refractivity (Wildman–Crippen MR) is 106 cm³/mol. The SMILES string of the molecule is CCN1CC=C(C=C2Sc3ccccc3N2CC)c2ccccc21.[I-]. The Kier molecular flexibility index (Phi) is 5.79. The number of likely N-dealkylation sites (N-methyl/N-ethyl adjacent to an activating group) is 1. The molecule has 4 heteroatoms. The number of benzene rings is 2. The molecule has 130 valence electrons. The molecular formula is C21H22IN2S-. The van der Waals surface area contributed by atoms with E-state index >= 15 is 0 Å². The van der Waals surface area contributed by atoms with Crippen molar-refractivity contribution in [1.29, 1.82) is 0 Å². The lowest BCUT2D eigenvalue weighted by atomic mass is 9.99. The van der Waals surface area contributed by atoms with E-state index in [4.69, 9.17) is 0 Å². The molecule has 0 bridgehead atoms. The van der Waals surface area contributed by atoms with Crippen molar-refractivity contribution in [1.82, 2.24) is 0 Å². The number of rotatable bonds is 3. The van der Waals surface area contributed by atoms with E-state index in [9.17, 15) is 0 Å². The largest absolute Gasteiger partial charge is 1.00 e. The first-order valence-corrected chi connectivity index (χ1v) is 9.44. The molecule has 2 heterocycles. The summed E-state index contributed by atoms with van der Waals surface area (Å²) in [6, 6.07) is 17.4. The van der Waals surface area contributed by atoms with Crippen LogP contribution in [0.4, 0.5) is 11.4 Å². The zero-order chi connectivity index (χ0) is 16.5. The third kappa shape index (κ3) is 3.34. The van der Waals surface area contributed by atoms with Gasteiger partial charge in [0.2, 0.25) is 0 Å². The van der Waals surface area contributed by atoms with Crippen LogP contribution in [0.3, 0.4) is 0 Å². The average molecular weight is 461 g/mol. The summed E-state index contributed by atoms with van der Waals surface area (Å²) in [5.41, 5.74) is 5.35. The molecule has 0 amide bonds. The van der Waals surface area contributed by atoms with Crippen LogP contribution in [0.25, 0.3) is 5.57 Å². The molecule has 2 nitrogen and oxygen atoms in total. The van der Waals surface area contributed by atoms with Crippen molar-refractivity contribution in [3.8, 4) is 0 Å². The number of nitrogens with zero attached hydrogens (tertiary/aromatic N) is 2. The molecule has 0 radical (unpaired) electrons. The van der Waals surface area contributed by atoms with Crippen LogP contribution < -0.4 is 33.8 Å². The van der Waals surface area contributed by atoms with Crippen molar-refractivity contribution < 1.29 is 24.0 Å². The summed E-state index contributed by atoms with van der Waals surface area (Å²) in [6.45, 7) is 7.45. The van der Waals surface area contributed by atoms with Gasteiger partial charge in [0.05, 0.1) is 10.7 Å². The van der Waals surface area contributed by atoms with E-state index in [-0.39, 0.29) is 24.0 Å². The molecule has 0 aliphatic carbocycles. The van der Waals surface area contributed by atoms with Gasteiger partial charge in [-0.05, 0) is 43.7 Å². The van der Waals surface area contributed by atoms with E-state index in [1.807, 2.05) is 11.8 Å². The lowest BCUT2D eigenvalue weighted by Crippen LogP contribution is -3.00. The first kappa shape index (κ1) is 18.4. The van der Waals surface area contributed by atoms with E-state index in [0.717, 1.165) is 19.6 Å².